The maximum atomic E-state index is 6.15. The van der Waals surface area contributed by atoms with Crippen molar-refractivity contribution >= 4 is 0 Å². The van der Waals surface area contributed by atoms with E-state index in [9.17, 15) is 0 Å². The van der Waals surface area contributed by atoms with Crippen molar-refractivity contribution in [3.63, 3.8) is 0 Å². The van der Waals surface area contributed by atoms with Gasteiger partial charge in [-0.25, -0.2) is 0 Å². The molecule has 0 spiro atoms. The third-order valence-corrected chi connectivity index (χ3v) is 4.05. The van der Waals surface area contributed by atoms with E-state index in [0.29, 0.717) is 12.0 Å². The van der Waals surface area contributed by atoms with Gasteiger partial charge in [0.2, 0.25) is 0 Å². The summed E-state index contributed by atoms with van der Waals surface area (Å²) in [6.45, 7) is 4.41. The summed E-state index contributed by atoms with van der Waals surface area (Å²) < 4.78 is 6.15. The van der Waals surface area contributed by atoms with Crippen LogP contribution in [0.1, 0.15) is 57.6 Å². The molecule has 0 radical (unpaired) electrons. The van der Waals surface area contributed by atoms with E-state index < -0.39 is 0 Å². The molecule has 2 N–H and O–H groups in total. The van der Waals surface area contributed by atoms with E-state index in [4.69, 9.17) is 10.5 Å². The van der Waals surface area contributed by atoms with Gasteiger partial charge in [-0.2, -0.15) is 0 Å². The first kappa shape index (κ1) is 13.4. The van der Waals surface area contributed by atoms with Gasteiger partial charge in [0.15, 0.2) is 0 Å². The molecule has 0 heterocycles. The van der Waals surface area contributed by atoms with Crippen molar-refractivity contribution in [2.45, 2.75) is 58.1 Å². The molecule has 3 unspecified atom stereocenters. The number of rotatable bonds is 4. The second kappa shape index (κ2) is 6.24. The third kappa shape index (κ3) is 3.26. The molecule has 1 aromatic carbocycles. The minimum absolute atomic E-state index is 0.123. The molecule has 0 aromatic heterocycles. The van der Waals surface area contributed by atoms with Crippen molar-refractivity contribution in [3.8, 4) is 5.75 Å². The Kier molecular flexibility index (Phi) is 4.65. The molecule has 2 heteroatoms. The van der Waals surface area contributed by atoms with Gasteiger partial charge in [0, 0.05) is 6.04 Å². The summed E-state index contributed by atoms with van der Waals surface area (Å²) in [5.74, 6) is 1.65. The average Bonchev–Trinajstić information content (AvgIpc) is 2.41. The lowest BCUT2D eigenvalue weighted by molar-refractivity contribution is 0.102. The lowest BCUT2D eigenvalue weighted by Crippen LogP contribution is -2.28. The fourth-order valence-corrected chi connectivity index (χ4v) is 2.69. The molecule has 3 atom stereocenters. The highest BCUT2D eigenvalue weighted by molar-refractivity contribution is 5.30. The van der Waals surface area contributed by atoms with Gasteiger partial charge in [-0.15, -0.1) is 0 Å². The predicted octanol–water partition coefficient (Wildman–Crippen LogP) is 4.05. The van der Waals surface area contributed by atoms with Crippen molar-refractivity contribution in [2.24, 2.45) is 11.7 Å². The topological polar surface area (TPSA) is 35.2 Å². The number of nitrogens with two attached hydrogens (primary N) is 1. The first-order chi connectivity index (χ1) is 8.70. The minimum atomic E-state index is 0.123. The van der Waals surface area contributed by atoms with Crippen LogP contribution in [0.25, 0.3) is 0 Å². The Labute approximate surface area is 111 Å². The zero-order chi connectivity index (χ0) is 13.0. The maximum absolute atomic E-state index is 6.15. The van der Waals surface area contributed by atoms with Crippen molar-refractivity contribution in [2.75, 3.05) is 0 Å². The highest BCUT2D eigenvalue weighted by atomic mass is 16.5. The van der Waals surface area contributed by atoms with Crippen molar-refractivity contribution in [3.05, 3.63) is 29.8 Å². The van der Waals surface area contributed by atoms with Crippen LogP contribution >= 0.6 is 0 Å². The Morgan fingerprint density at radius 2 is 2.11 bits per heavy atom. The van der Waals surface area contributed by atoms with Gasteiger partial charge >= 0.3 is 0 Å². The third-order valence-electron chi connectivity index (χ3n) is 4.05. The maximum Gasteiger partial charge on any atom is 0.120 e. The molecule has 0 amide bonds. The lowest BCUT2D eigenvalue weighted by atomic mass is 9.88. The van der Waals surface area contributed by atoms with Gasteiger partial charge < -0.3 is 10.5 Å². The molecular weight excluding hydrogens is 222 g/mol. The van der Waals surface area contributed by atoms with E-state index >= 15 is 0 Å². The highest BCUT2D eigenvalue weighted by Crippen LogP contribution is 2.29. The number of benzene rings is 1. The summed E-state index contributed by atoms with van der Waals surface area (Å²) in [6, 6.07) is 8.42. The van der Waals surface area contributed by atoms with E-state index in [1.54, 1.807) is 0 Å². The zero-order valence-electron chi connectivity index (χ0n) is 11.6. The van der Waals surface area contributed by atoms with E-state index in [1.165, 1.54) is 31.2 Å². The van der Waals surface area contributed by atoms with Crippen molar-refractivity contribution in [1.29, 1.82) is 0 Å². The summed E-state index contributed by atoms with van der Waals surface area (Å²) in [7, 11) is 0. The highest BCUT2D eigenvalue weighted by Gasteiger charge is 2.22. The lowest BCUT2D eigenvalue weighted by Gasteiger charge is -2.29. The van der Waals surface area contributed by atoms with E-state index in [1.807, 2.05) is 12.1 Å². The summed E-state index contributed by atoms with van der Waals surface area (Å²) in [4.78, 5) is 0. The Hall–Kier alpha value is -1.02. The molecule has 1 fully saturated rings. The molecule has 0 aliphatic heterocycles. The van der Waals surface area contributed by atoms with Crippen LogP contribution in [0.15, 0.2) is 24.3 Å². The van der Waals surface area contributed by atoms with Crippen molar-refractivity contribution in [1.82, 2.24) is 0 Å². The first-order valence-corrected chi connectivity index (χ1v) is 7.23. The van der Waals surface area contributed by atoms with Crippen LogP contribution in [0.5, 0.6) is 5.75 Å². The Balaban J connectivity index is 2.04. The Morgan fingerprint density at radius 1 is 1.33 bits per heavy atom. The van der Waals surface area contributed by atoms with Gasteiger partial charge in [0.05, 0.1) is 0 Å². The molecule has 1 aliphatic carbocycles. The molecule has 100 valence electrons. The van der Waals surface area contributed by atoms with E-state index in [2.05, 4.69) is 26.0 Å². The normalized spacial score (nSPS) is 25.7. The molecule has 18 heavy (non-hydrogen) atoms. The second-order valence-corrected chi connectivity index (χ2v) is 5.51. The van der Waals surface area contributed by atoms with Crippen LogP contribution in [0.3, 0.4) is 0 Å². The molecule has 2 nitrogen and oxygen atoms in total. The van der Waals surface area contributed by atoms with Crippen LogP contribution < -0.4 is 10.5 Å². The SMILES string of the molecule is CCC(N)c1cccc(OC2CCCCC2C)c1. The quantitative estimate of drug-likeness (QED) is 0.871. The average molecular weight is 247 g/mol. The van der Waals surface area contributed by atoms with Gasteiger partial charge in [-0.1, -0.05) is 32.4 Å². The van der Waals surface area contributed by atoms with Gasteiger partial charge in [0.25, 0.3) is 0 Å². The minimum Gasteiger partial charge on any atom is -0.490 e. The van der Waals surface area contributed by atoms with Crippen LogP contribution in [-0.2, 0) is 0 Å². The zero-order valence-corrected chi connectivity index (χ0v) is 11.6. The van der Waals surface area contributed by atoms with Gasteiger partial charge in [0.1, 0.15) is 11.9 Å². The van der Waals surface area contributed by atoms with Crippen molar-refractivity contribution < 1.29 is 4.74 Å². The first-order valence-electron chi connectivity index (χ1n) is 7.23. The fraction of sp³-hybridized carbons (Fsp3) is 0.625. The standard InChI is InChI=1S/C16H25NO/c1-3-15(17)13-8-6-9-14(11-13)18-16-10-5-4-7-12(16)2/h6,8-9,11-12,15-16H,3-5,7,10,17H2,1-2H3. The van der Waals surface area contributed by atoms with Crippen LogP contribution in [0, 0.1) is 5.92 Å². The molecule has 2 rings (SSSR count). The largest absolute Gasteiger partial charge is 0.490 e. The van der Waals surface area contributed by atoms with Gasteiger partial charge in [-0.3, -0.25) is 0 Å². The number of hydrogen-bond acceptors (Lipinski definition) is 2. The Morgan fingerprint density at radius 3 is 2.83 bits per heavy atom. The predicted molar refractivity (Wildman–Crippen MR) is 75.7 cm³/mol. The molecular formula is C16H25NO. The molecule has 0 saturated heterocycles. The summed E-state index contributed by atoms with van der Waals surface area (Å²) in [5.41, 5.74) is 7.25. The van der Waals surface area contributed by atoms with Crippen LogP contribution in [0.4, 0.5) is 0 Å². The van der Waals surface area contributed by atoms with E-state index in [-0.39, 0.29) is 6.04 Å². The molecule has 1 aromatic rings. The number of ether oxygens (including phenoxy) is 1. The Bertz CT molecular complexity index is 377. The summed E-state index contributed by atoms with van der Waals surface area (Å²) in [5, 5.41) is 0. The second-order valence-electron chi connectivity index (χ2n) is 5.51. The molecule has 0 bridgehead atoms. The van der Waals surface area contributed by atoms with Crippen LogP contribution in [-0.4, -0.2) is 6.10 Å². The van der Waals surface area contributed by atoms with Gasteiger partial charge in [-0.05, 0) is 49.3 Å². The van der Waals surface area contributed by atoms with Crippen LogP contribution in [0.2, 0.25) is 0 Å². The molecule has 1 saturated carbocycles. The monoisotopic (exact) mass is 247 g/mol. The number of hydrogen-bond donors (Lipinski definition) is 1. The smallest absolute Gasteiger partial charge is 0.120 e. The van der Waals surface area contributed by atoms with E-state index in [0.717, 1.165) is 12.2 Å². The summed E-state index contributed by atoms with van der Waals surface area (Å²) in [6.07, 6.45) is 6.46. The molecule has 1 aliphatic rings. The summed E-state index contributed by atoms with van der Waals surface area (Å²) >= 11 is 0. The fourth-order valence-electron chi connectivity index (χ4n) is 2.69.